The minimum absolute atomic E-state index is 0.0440. The first kappa shape index (κ1) is 18.0. The van der Waals surface area contributed by atoms with Gasteiger partial charge in [0.05, 0.1) is 12.0 Å². The Morgan fingerprint density at radius 3 is 2.27 bits per heavy atom. The first-order valence-corrected chi connectivity index (χ1v) is 8.18. The molecule has 2 amide bonds. The minimum atomic E-state index is -4.44. The lowest BCUT2D eigenvalue weighted by molar-refractivity contribution is -0.137. The van der Waals surface area contributed by atoms with Crippen molar-refractivity contribution >= 4 is 23.2 Å². The molecule has 0 unspecified atom stereocenters. The van der Waals surface area contributed by atoms with Crippen molar-refractivity contribution in [2.75, 3.05) is 10.6 Å². The van der Waals surface area contributed by atoms with E-state index in [4.69, 9.17) is 0 Å². The number of alkyl halides is 3. The first-order chi connectivity index (χ1) is 12.3. The monoisotopic (exact) mass is 362 g/mol. The van der Waals surface area contributed by atoms with Crippen LogP contribution in [0.4, 0.5) is 24.5 Å². The van der Waals surface area contributed by atoms with Crippen LogP contribution in [0.3, 0.4) is 0 Å². The summed E-state index contributed by atoms with van der Waals surface area (Å²) in [5.74, 6) is -0.415. The predicted octanol–water partition coefficient (Wildman–Crippen LogP) is 4.24. The first-order valence-electron chi connectivity index (χ1n) is 8.18. The van der Waals surface area contributed by atoms with Gasteiger partial charge in [0, 0.05) is 17.3 Å². The Balaban J connectivity index is 1.62. The van der Waals surface area contributed by atoms with Gasteiger partial charge < -0.3 is 10.6 Å². The molecule has 136 valence electrons. The summed E-state index contributed by atoms with van der Waals surface area (Å²) in [6, 6.07) is 11.3. The van der Waals surface area contributed by atoms with Crippen LogP contribution in [-0.4, -0.2) is 11.8 Å². The maximum absolute atomic E-state index is 12.7. The Kier molecular flexibility index (Phi) is 4.97. The summed E-state index contributed by atoms with van der Waals surface area (Å²) in [6.45, 7) is 0. The second kappa shape index (κ2) is 7.19. The van der Waals surface area contributed by atoms with Crippen LogP contribution < -0.4 is 10.6 Å². The van der Waals surface area contributed by atoms with Crippen LogP contribution in [0.15, 0.2) is 48.5 Å². The third-order valence-corrected chi connectivity index (χ3v) is 3.98. The molecule has 1 aliphatic rings. The molecule has 0 bridgehead atoms. The van der Waals surface area contributed by atoms with Gasteiger partial charge in [-0.15, -0.1) is 0 Å². The molecule has 0 spiro atoms. The zero-order chi connectivity index (χ0) is 18.7. The average Bonchev–Trinajstić information content (AvgIpc) is 3.39. The topological polar surface area (TPSA) is 58.2 Å². The van der Waals surface area contributed by atoms with Crippen molar-refractivity contribution in [3.8, 4) is 0 Å². The fourth-order valence-corrected chi connectivity index (χ4v) is 2.51. The van der Waals surface area contributed by atoms with Crippen molar-refractivity contribution in [2.24, 2.45) is 5.92 Å². The van der Waals surface area contributed by atoms with Crippen molar-refractivity contribution in [2.45, 2.75) is 25.4 Å². The summed E-state index contributed by atoms with van der Waals surface area (Å²) in [5.41, 5.74) is 0.525. The van der Waals surface area contributed by atoms with E-state index in [2.05, 4.69) is 10.6 Å². The number of halogens is 3. The molecule has 0 radical (unpaired) electrons. The fourth-order valence-electron chi connectivity index (χ4n) is 2.51. The van der Waals surface area contributed by atoms with E-state index >= 15 is 0 Å². The molecule has 2 aromatic rings. The summed E-state index contributed by atoms with van der Waals surface area (Å²) in [4.78, 5) is 23.9. The number of carbonyl (C=O) groups excluding carboxylic acids is 2. The summed E-state index contributed by atoms with van der Waals surface area (Å²) in [7, 11) is 0. The van der Waals surface area contributed by atoms with Crippen molar-refractivity contribution in [3.05, 3.63) is 59.7 Å². The third-order valence-electron chi connectivity index (χ3n) is 3.98. The highest BCUT2D eigenvalue weighted by Crippen LogP contribution is 2.31. The normalized spacial score (nSPS) is 14.0. The highest BCUT2D eigenvalue weighted by molar-refractivity contribution is 5.96. The second-order valence-electron chi connectivity index (χ2n) is 6.27. The zero-order valence-corrected chi connectivity index (χ0v) is 13.8. The van der Waals surface area contributed by atoms with Gasteiger partial charge in [-0.3, -0.25) is 9.59 Å². The van der Waals surface area contributed by atoms with Gasteiger partial charge in [0.2, 0.25) is 11.8 Å². The van der Waals surface area contributed by atoms with Crippen LogP contribution in [0.5, 0.6) is 0 Å². The molecule has 1 fully saturated rings. The van der Waals surface area contributed by atoms with Crippen LogP contribution in [0.1, 0.15) is 24.0 Å². The van der Waals surface area contributed by atoms with Crippen molar-refractivity contribution in [1.82, 2.24) is 0 Å². The summed E-state index contributed by atoms with van der Waals surface area (Å²) >= 11 is 0. The molecule has 0 saturated heterocycles. The SMILES string of the molecule is O=C(Cc1cccc(C(F)(F)F)c1)Nc1cccc(NC(=O)C2CC2)c1. The molecule has 0 aromatic heterocycles. The van der Waals surface area contributed by atoms with Crippen molar-refractivity contribution in [3.63, 3.8) is 0 Å². The molecule has 0 heterocycles. The number of rotatable bonds is 5. The lowest BCUT2D eigenvalue weighted by atomic mass is 10.1. The van der Waals surface area contributed by atoms with Gasteiger partial charge >= 0.3 is 6.18 Å². The fraction of sp³-hybridized carbons (Fsp3) is 0.263. The van der Waals surface area contributed by atoms with Gasteiger partial charge in [-0.25, -0.2) is 0 Å². The summed E-state index contributed by atoms with van der Waals surface area (Å²) < 4.78 is 38.2. The smallest absolute Gasteiger partial charge is 0.326 e. The Hall–Kier alpha value is -2.83. The van der Waals surface area contributed by atoms with Gasteiger partial charge in [-0.05, 0) is 42.7 Å². The molecule has 1 saturated carbocycles. The number of anilines is 2. The molecule has 7 heteroatoms. The number of hydrogen-bond acceptors (Lipinski definition) is 2. The van der Waals surface area contributed by atoms with E-state index in [-0.39, 0.29) is 23.8 Å². The minimum Gasteiger partial charge on any atom is -0.326 e. The highest BCUT2D eigenvalue weighted by atomic mass is 19.4. The highest BCUT2D eigenvalue weighted by Gasteiger charge is 2.30. The van der Waals surface area contributed by atoms with E-state index < -0.39 is 17.6 Å². The van der Waals surface area contributed by atoms with Gasteiger partial charge in [-0.2, -0.15) is 13.2 Å². The van der Waals surface area contributed by atoms with Crippen LogP contribution >= 0.6 is 0 Å². The predicted molar refractivity (Wildman–Crippen MR) is 91.6 cm³/mol. The van der Waals surface area contributed by atoms with Crippen molar-refractivity contribution < 1.29 is 22.8 Å². The average molecular weight is 362 g/mol. The van der Waals surface area contributed by atoms with E-state index in [0.717, 1.165) is 25.0 Å². The Bertz CT molecular complexity index is 830. The van der Waals surface area contributed by atoms with Gasteiger partial charge in [-0.1, -0.05) is 24.3 Å². The van der Waals surface area contributed by atoms with E-state index in [0.29, 0.717) is 11.4 Å². The molecule has 26 heavy (non-hydrogen) atoms. The van der Waals surface area contributed by atoms with Gasteiger partial charge in [0.1, 0.15) is 0 Å². The van der Waals surface area contributed by atoms with Crippen LogP contribution in [0, 0.1) is 5.92 Å². The Morgan fingerprint density at radius 1 is 0.962 bits per heavy atom. The number of carbonyl (C=O) groups is 2. The number of amides is 2. The summed E-state index contributed by atoms with van der Waals surface area (Å²) in [6.07, 6.45) is -2.85. The molecule has 1 aliphatic carbocycles. The molecule has 0 atom stereocenters. The standard InChI is InChI=1S/C19H17F3N2O2/c20-19(21,22)14-4-1-3-12(9-14)10-17(25)23-15-5-2-6-16(11-15)24-18(26)13-7-8-13/h1-6,9,11,13H,7-8,10H2,(H,23,25)(H,24,26). The zero-order valence-electron chi connectivity index (χ0n) is 13.8. The quantitative estimate of drug-likeness (QED) is 0.836. The molecular formula is C19H17F3N2O2. The van der Waals surface area contributed by atoms with Gasteiger partial charge in [0.15, 0.2) is 0 Å². The molecular weight excluding hydrogens is 345 g/mol. The van der Waals surface area contributed by atoms with E-state index in [1.54, 1.807) is 24.3 Å². The van der Waals surface area contributed by atoms with Gasteiger partial charge in [0.25, 0.3) is 0 Å². The van der Waals surface area contributed by atoms with Crippen molar-refractivity contribution in [1.29, 1.82) is 0 Å². The summed E-state index contributed by atoms with van der Waals surface area (Å²) in [5, 5.41) is 5.41. The maximum atomic E-state index is 12.7. The van der Waals surface area contributed by atoms with E-state index in [1.165, 1.54) is 12.1 Å². The Morgan fingerprint density at radius 2 is 1.62 bits per heavy atom. The maximum Gasteiger partial charge on any atom is 0.416 e. The molecule has 0 aliphatic heterocycles. The third kappa shape index (κ3) is 4.84. The molecule has 2 N–H and O–H groups in total. The molecule has 2 aromatic carbocycles. The largest absolute Gasteiger partial charge is 0.416 e. The molecule has 4 nitrogen and oxygen atoms in total. The lowest BCUT2D eigenvalue weighted by Crippen LogP contribution is -2.16. The van der Waals surface area contributed by atoms with Crippen LogP contribution in [-0.2, 0) is 22.2 Å². The van der Waals surface area contributed by atoms with Crippen LogP contribution in [0.2, 0.25) is 0 Å². The van der Waals surface area contributed by atoms with E-state index in [1.807, 2.05) is 0 Å². The van der Waals surface area contributed by atoms with Crippen LogP contribution in [0.25, 0.3) is 0 Å². The lowest BCUT2D eigenvalue weighted by Gasteiger charge is -2.10. The van der Waals surface area contributed by atoms with E-state index in [9.17, 15) is 22.8 Å². The molecule has 3 rings (SSSR count). The second-order valence-corrected chi connectivity index (χ2v) is 6.27. The number of benzene rings is 2. The Labute approximate surface area is 148 Å². The number of nitrogens with one attached hydrogen (secondary N) is 2. The number of hydrogen-bond donors (Lipinski definition) is 2.